The molecule has 0 aliphatic carbocycles. The molecule has 1 fully saturated rings. The van der Waals surface area contributed by atoms with Crippen LogP contribution in [-0.4, -0.2) is 17.2 Å². The molecule has 0 saturated carbocycles. The molecule has 0 radical (unpaired) electrons. The van der Waals surface area contributed by atoms with Gasteiger partial charge >= 0.3 is 8.03 Å². The second-order valence-corrected chi connectivity index (χ2v) is 3.14. The molecule has 1 aliphatic rings. The summed E-state index contributed by atoms with van der Waals surface area (Å²) in [7, 11) is -1.96. The van der Waals surface area contributed by atoms with Gasteiger partial charge < -0.3 is 0 Å². The third kappa shape index (κ3) is 1.25. The molecule has 0 bridgehead atoms. The van der Waals surface area contributed by atoms with Gasteiger partial charge in [-0.05, 0) is 17.5 Å². The van der Waals surface area contributed by atoms with Gasteiger partial charge in [0.25, 0.3) is 0 Å². The van der Waals surface area contributed by atoms with Crippen molar-refractivity contribution in [3.05, 3.63) is 0 Å². The fraction of sp³-hybridized carbons (Fsp3) is 1.00. The Morgan fingerprint density at radius 3 is 2.75 bits per heavy atom. The van der Waals surface area contributed by atoms with Crippen molar-refractivity contribution in [2.45, 2.75) is 18.6 Å². The third-order valence-corrected chi connectivity index (χ3v) is 2.27. The Morgan fingerprint density at radius 1 is 1.75 bits per heavy atom. The minimum Gasteiger partial charge on any atom is -0.271 e. The Hall–Kier alpha value is 0.0200. The molecular weight excluding hydrogens is 125 g/mol. The predicted octanol–water partition coefficient (Wildman–Crippen LogP) is 0.431. The Morgan fingerprint density at radius 2 is 2.50 bits per heavy atom. The monoisotopic (exact) mass is 134 g/mol. The zero-order valence-electron chi connectivity index (χ0n) is 4.50. The van der Waals surface area contributed by atoms with E-state index in [1.54, 1.807) is 0 Å². The first kappa shape index (κ1) is 6.14. The minimum absolute atomic E-state index is 0.120. The summed E-state index contributed by atoms with van der Waals surface area (Å²) in [5.74, 6) is -0.120. The summed E-state index contributed by atoms with van der Waals surface area (Å²) in [4.78, 5) is 8.50. The van der Waals surface area contributed by atoms with Crippen molar-refractivity contribution >= 4 is 8.03 Å². The van der Waals surface area contributed by atoms with E-state index in [1.165, 1.54) is 0 Å². The molecule has 1 aliphatic heterocycles. The molecule has 0 aromatic rings. The molecule has 0 aromatic carbocycles. The summed E-state index contributed by atoms with van der Waals surface area (Å²) < 4.78 is 10.3. The van der Waals surface area contributed by atoms with Crippen molar-refractivity contribution in [3.63, 3.8) is 0 Å². The Labute approximate surface area is 49.0 Å². The molecule has 2 atom stereocenters. The van der Waals surface area contributed by atoms with E-state index in [2.05, 4.69) is 5.32 Å². The molecule has 1 saturated heterocycles. The van der Waals surface area contributed by atoms with Gasteiger partial charge in [-0.3, -0.25) is 5.32 Å². The van der Waals surface area contributed by atoms with E-state index >= 15 is 0 Å². The lowest BCUT2D eigenvalue weighted by molar-refractivity contribution is 0.483. The maximum atomic E-state index is 10.3. The maximum absolute atomic E-state index is 10.3. The molecular formula is C4H9NO2P+. The van der Waals surface area contributed by atoms with Gasteiger partial charge in [-0.2, -0.15) is 4.89 Å². The standard InChI is InChI=1S/C4H8NO2P/c6-8(7)4-2-1-3-5-4/h4-5H,1-3H2/p+1. The number of rotatable bonds is 1. The Balaban J connectivity index is 2.35. The molecule has 1 rings (SSSR count). The summed E-state index contributed by atoms with van der Waals surface area (Å²) >= 11 is 0. The molecule has 8 heavy (non-hydrogen) atoms. The van der Waals surface area contributed by atoms with Crippen LogP contribution >= 0.6 is 8.03 Å². The SMILES string of the molecule is O=[P+](O)C1CCCN1. The van der Waals surface area contributed by atoms with Crippen LogP contribution in [0, 0.1) is 0 Å². The van der Waals surface area contributed by atoms with E-state index in [9.17, 15) is 4.57 Å². The van der Waals surface area contributed by atoms with E-state index in [4.69, 9.17) is 4.89 Å². The van der Waals surface area contributed by atoms with Crippen LogP contribution < -0.4 is 5.32 Å². The molecule has 46 valence electrons. The zero-order chi connectivity index (χ0) is 5.98. The Kier molecular flexibility index (Phi) is 1.95. The van der Waals surface area contributed by atoms with Crippen LogP contribution in [-0.2, 0) is 4.57 Å². The van der Waals surface area contributed by atoms with Crippen LogP contribution in [0.25, 0.3) is 0 Å². The highest BCUT2D eigenvalue weighted by Crippen LogP contribution is 2.26. The van der Waals surface area contributed by atoms with Gasteiger partial charge in [-0.25, -0.2) is 0 Å². The lowest BCUT2D eigenvalue weighted by atomic mass is 10.4. The first-order valence-corrected chi connectivity index (χ1v) is 3.97. The highest BCUT2D eigenvalue weighted by molar-refractivity contribution is 7.38. The predicted molar refractivity (Wildman–Crippen MR) is 30.8 cm³/mol. The lowest BCUT2D eigenvalue weighted by Gasteiger charge is -1.87. The second kappa shape index (κ2) is 2.53. The Bertz CT molecular complexity index is 100. The molecule has 0 aromatic heterocycles. The fourth-order valence-electron chi connectivity index (χ4n) is 0.855. The average Bonchev–Trinajstić information content (AvgIpc) is 2.12. The van der Waals surface area contributed by atoms with Crippen LogP contribution in [0.15, 0.2) is 0 Å². The topological polar surface area (TPSA) is 49.3 Å². The van der Waals surface area contributed by atoms with Gasteiger partial charge in [0.15, 0.2) is 0 Å². The summed E-state index contributed by atoms with van der Waals surface area (Å²) in [6, 6.07) is 0. The fourth-order valence-corrected chi connectivity index (χ4v) is 1.54. The molecule has 0 spiro atoms. The minimum atomic E-state index is -1.96. The molecule has 2 N–H and O–H groups in total. The van der Waals surface area contributed by atoms with Gasteiger partial charge in [-0.1, -0.05) is 0 Å². The largest absolute Gasteiger partial charge is 0.524 e. The van der Waals surface area contributed by atoms with Crippen molar-refractivity contribution in [2.24, 2.45) is 0 Å². The van der Waals surface area contributed by atoms with Crippen LogP contribution in [0.3, 0.4) is 0 Å². The van der Waals surface area contributed by atoms with Gasteiger partial charge in [0.05, 0.1) is 0 Å². The van der Waals surface area contributed by atoms with Crippen LogP contribution in [0.5, 0.6) is 0 Å². The van der Waals surface area contributed by atoms with Crippen molar-refractivity contribution in [3.8, 4) is 0 Å². The highest BCUT2D eigenvalue weighted by Gasteiger charge is 2.31. The molecule has 3 nitrogen and oxygen atoms in total. The van der Waals surface area contributed by atoms with Gasteiger partial charge in [0.1, 0.15) is 0 Å². The quantitative estimate of drug-likeness (QED) is 0.511. The van der Waals surface area contributed by atoms with Crippen LogP contribution in [0.4, 0.5) is 0 Å². The third-order valence-electron chi connectivity index (χ3n) is 1.30. The summed E-state index contributed by atoms with van der Waals surface area (Å²) in [5, 5.41) is 2.92. The van der Waals surface area contributed by atoms with Crippen molar-refractivity contribution in [1.29, 1.82) is 0 Å². The lowest BCUT2D eigenvalue weighted by Crippen LogP contribution is -2.16. The smallest absolute Gasteiger partial charge is 0.271 e. The van der Waals surface area contributed by atoms with Crippen LogP contribution in [0.2, 0.25) is 0 Å². The van der Waals surface area contributed by atoms with Crippen LogP contribution in [0.1, 0.15) is 12.8 Å². The van der Waals surface area contributed by atoms with Crippen molar-refractivity contribution < 1.29 is 9.46 Å². The first-order chi connectivity index (χ1) is 3.80. The van der Waals surface area contributed by atoms with E-state index < -0.39 is 8.03 Å². The molecule has 1 heterocycles. The van der Waals surface area contributed by atoms with Crippen molar-refractivity contribution in [1.82, 2.24) is 5.32 Å². The molecule has 2 unspecified atom stereocenters. The normalized spacial score (nSPS) is 30.6. The summed E-state index contributed by atoms with van der Waals surface area (Å²) in [5.41, 5.74) is 0. The second-order valence-electron chi connectivity index (χ2n) is 1.91. The van der Waals surface area contributed by atoms with Gasteiger partial charge in [0, 0.05) is 6.42 Å². The number of nitrogens with one attached hydrogen (secondary N) is 1. The maximum Gasteiger partial charge on any atom is 0.524 e. The van der Waals surface area contributed by atoms with Gasteiger partial charge in [0.2, 0.25) is 5.78 Å². The van der Waals surface area contributed by atoms with E-state index in [1.807, 2.05) is 0 Å². The van der Waals surface area contributed by atoms with Gasteiger partial charge in [-0.15, -0.1) is 0 Å². The van der Waals surface area contributed by atoms with Crippen molar-refractivity contribution in [2.75, 3.05) is 6.54 Å². The highest BCUT2D eigenvalue weighted by atomic mass is 31.1. The van der Waals surface area contributed by atoms with E-state index in [-0.39, 0.29) is 5.78 Å². The molecule has 4 heteroatoms. The summed E-state index contributed by atoms with van der Waals surface area (Å²) in [6.07, 6.45) is 1.89. The number of hydrogen-bond donors (Lipinski definition) is 2. The summed E-state index contributed by atoms with van der Waals surface area (Å²) in [6.45, 7) is 0.895. The molecule has 0 amide bonds. The zero-order valence-corrected chi connectivity index (χ0v) is 5.40. The number of hydrogen-bond acceptors (Lipinski definition) is 2. The average molecular weight is 134 g/mol. The first-order valence-electron chi connectivity index (χ1n) is 2.69. The van der Waals surface area contributed by atoms with E-state index in [0.29, 0.717) is 0 Å². The van der Waals surface area contributed by atoms with E-state index in [0.717, 1.165) is 19.4 Å².